The van der Waals surface area contributed by atoms with Crippen molar-refractivity contribution in [2.45, 2.75) is 17.6 Å². The van der Waals surface area contributed by atoms with E-state index in [4.69, 9.17) is 5.73 Å². The molecule has 11 nitrogen and oxygen atoms in total. The van der Waals surface area contributed by atoms with Crippen LogP contribution in [-0.4, -0.2) is 42.4 Å². The minimum atomic E-state index is -0.527. The average Bonchev–Trinajstić information content (AvgIpc) is 3.39. The maximum atomic E-state index is 12.7. The van der Waals surface area contributed by atoms with Gasteiger partial charge in [-0.05, 0) is 35.4 Å². The number of carbonyl (C=O) groups is 1. The van der Waals surface area contributed by atoms with E-state index in [0.717, 1.165) is 16.0 Å². The molecule has 0 saturated carbocycles. The van der Waals surface area contributed by atoms with Crippen LogP contribution in [0.25, 0.3) is 5.82 Å². The first-order chi connectivity index (χ1) is 15.1. The van der Waals surface area contributed by atoms with Gasteiger partial charge in [0.25, 0.3) is 5.91 Å². The highest BCUT2D eigenvalue weighted by Crippen LogP contribution is 2.26. The number of hydrogen-bond donors (Lipinski definition) is 2. The lowest BCUT2D eigenvalue weighted by molar-refractivity contribution is 0.0949. The number of nitrogens with one attached hydrogen (secondary N) is 1. The molecule has 0 bridgehead atoms. The largest absolute Gasteiger partial charge is 0.378 e. The van der Waals surface area contributed by atoms with Gasteiger partial charge in [-0.3, -0.25) is 9.78 Å². The summed E-state index contributed by atoms with van der Waals surface area (Å²) in [7, 11) is 0. The minimum absolute atomic E-state index is 0.0352. The first-order valence-electron chi connectivity index (χ1n) is 9.07. The SMILES string of the molecule is Cc1ccc(SCc2c(C(=O)N/N=C\c3cccnc3)nnn2-c2nonc2N)cc1. The van der Waals surface area contributed by atoms with Gasteiger partial charge in [0.2, 0.25) is 11.6 Å². The smallest absolute Gasteiger partial charge is 0.293 e. The zero-order valence-electron chi connectivity index (χ0n) is 16.3. The van der Waals surface area contributed by atoms with Gasteiger partial charge in [0.05, 0.1) is 11.9 Å². The van der Waals surface area contributed by atoms with E-state index in [2.05, 4.69) is 40.8 Å². The van der Waals surface area contributed by atoms with Crippen LogP contribution in [0.2, 0.25) is 0 Å². The number of nitrogen functional groups attached to an aromatic ring is 1. The Labute approximate surface area is 180 Å². The van der Waals surface area contributed by atoms with E-state index in [1.807, 2.05) is 37.3 Å². The standard InChI is InChI=1S/C19H17N9O2S/c1-12-4-6-14(7-5-12)31-11-15-16(23-27-28(15)18-17(20)25-30-26-18)19(29)24-22-10-13-3-2-8-21-9-13/h2-10H,11H2,1H3,(H2,20,25)(H,24,29)/b22-10-. The maximum Gasteiger partial charge on any atom is 0.293 e. The van der Waals surface area contributed by atoms with E-state index < -0.39 is 5.91 Å². The summed E-state index contributed by atoms with van der Waals surface area (Å²) in [6.07, 6.45) is 4.75. The maximum absolute atomic E-state index is 12.7. The minimum Gasteiger partial charge on any atom is -0.378 e. The van der Waals surface area contributed by atoms with Crippen LogP contribution in [0.3, 0.4) is 0 Å². The summed E-state index contributed by atoms with van der Waals surface area (Å²) >= 11 is 1.51. The Balaban J connectivity index is 1.58. The fourth-order valence-electron chi connectivity index (χ4n) is 2.57. The highest BCUT2D eigenvalue weighted by atomic mass is 32.2. The first-order valence-corrected chi connectivity index (χ1v) is 10.1. The van der Waals surface area contributed by atoms with E-state index in [-0.39, 0.29) is 17.3 Å². The molecule has 0 spiro atoms. The van der Waals surface area contributed by atoms with E-state index in [1.165, 1.54) is 22.7 Å². The van der Waals surface area contributed by atoms with Gasteiger partial charge in [0, 0.05) is 28.6 Å². The van der Waals surface area contributed by atoms with Gasteiger partial charge in [-0.15, -0.1) is 16.9 Å². The van der Waals surface area contributed by atoms with Crippen molar-refractivity contribution in [2.75, 3.05) is 5.73 Å². The Morgan fingerprint density at radius 3 is 2.84 bits per heavy atom. The van der Waals surface area contributed by atoms with Crippen LogP contribution in [0.1, 0.15) is 27.3 Å². The van der Waals surface area contributed by atoms with Crippen molar-refractivity contribution in [3.05, 3.63) is 71.3 Å². The van der Waals surface area contributed by atoms with Crippen molar-refractivity contribution in [3.8, 4) is 5.82 Å². The Bertz CT molecular complexity index is 1200. The molecule has 0 aliphatic heterocycles. The third kappa shape index (κ3) is 4.75. The summed E-state index contributed by atoms with van der Waals surface area (Å²) in [4.78, 5) is 17.7. The van der Waals surface area contributed by atoms with E-state index in [0.29, 0.717) is 11.4 Å². The number of aromatic nitrogens is 6. The number of pyridine rings is 1. The number of hydrogen-bond acceptors (Lipinski definition) is 10. The van der Waals surface area contributed by atoms with Crippen LogP contribution in [0.15, 0.2) is 63.4 Å². The van der Waals surface area contributed by atoms with E-state index in [1.54, 1.807) is 18.5 Å². The number of thioether (sulfide) groups is 1. The topological polar surface area (TPSA) is 150 Å². The Hall–Kier alpha value is -4.06. The molecule has 156 valence electrons. The third-order valence-corrected chi connectivity index (χ3v) is 5.16. The van der Waals surface area contributed by atoms with E-state index >= 15 is 0 Å². The van der Waals surface area contributed by atoms with Crippen LogP contribution in [0.4, 0.5) is 5.82 Å². The summed E-state index contributed by atoms with van der Waals surface area (Å²) in [5.74, 6) is 0.0381. The lowest BCUT2D eigenvalue weighted by Gasteiger charge is -2.06. The number of carbonyl (C=O) groups excluding carboxylic acids is 1. The second-order valence-electron chi connectivity index (χ2n) is 6.36. The van der Waals surface area contributed by atoms with Gasteiger partial charge >= 0.3 is 0 Å². The fourth-order valence-corrected chi connectivity index (χ4v) is 3.46. The molecule has 1 aromatic carbocycles. The number of nitrogens with two attached hydrogens (primary N) is 1. The molecule has 3 N–H and O–H groups in total. The average molecular weight is 435 g/mol. The number of benzene rings is 1. The Kier molecular flexibility index (Phi) is 5.98. The van der Waals surface area contributed by atoms with Crippen LogP contribution in [-0.2, 0) is 5.75 Å². The van der Waals surface area contributed by atoms with Crippen molar-refractivity contribution >= 4 is 29.7 Å². The van der Waals surface area contributed by atoms with Crippen molar-refractivity contribution in [3.63, 3.8) is 0 Å². The Morgan fingerprint density at radius 2 is 2.13 bits per heavy atom. The summed E-state index contributed by atoms with van der Waals surface area (Å²) in [5.41, 5.74) is 10.7. The lowest BCUT2D eigenvalue weighted by atomic mass is 10.2. The molecule has 0 aliphatic rings. The van der Waals surface area contributed by atoms with Gasteiger partial charge in [0.1, 0.15) is 0 Å². The summed E-state index contributed by atoms with van der Waals surface area (Å²) < 4.78 is 6.00. The number of hydrazone groups is 1. The molecule has 0 radical (unpaired) electrons. The van der Waals surface area contributed by atoms with Crippen LogP contribution in [0, 0.1) is 6.92 Å². The molecule has 4 aromatic rings. The summed E-state index contributed by atoms with van der Waals surface area (Å²) in [5, 5.41) is 19.3. The molecule has 3 heterocycles. The number of amides is 1. The van der Waals surface area contributed by atoms with Crippen LogP contribution < -0.4 is 11.2 Å². The molecular formula is C19H17N9O2S. The molecule has 4 rings (SSSR count). The molecule has 31 heavy (non-hydrogen) atoms. The lowest BCUT2D eigenvalue weighted by Crippen LogP contribution is -2.20. The molecule has 3 aromatic heterocycles. The number of aryl methyl sites for hydroxylation is 1. The molecular weight excluding hydrogens is 418 g/mol. The van der Waals surface area contributed by atoms with Crippen molar-refractivity contribution in [1.29, 1.82) is 0 Å². The zero-order chi connectivity index (χ0) is 21.6. The van der Waals surface area contributed by atoms with Gasteiger partial charge < -0.3 is 5.73 Å². The molecule has 12 heteroatoms. The van der Waals surface area contributed by atoms with Crippen LogP contribution >= 0.6 is 11.8 Å². The second kappa shape index (κ2) is 9.17. The molecule has 0 aliphatic carbocycles. The van der Waals surface area contributed by atoms with Gasteiger partial charge in [-0.1, -0.05) is 29.0 Å². The quantitative estimate of drug-likeness (QED) is 0.252. The zero-order valence-corrected chi connectivity index (χ0v) is 17.2. The number of nitrogens with zero attached hydrogens (tertiary/aromatic N) is 7. The van der Waals surface area contributed by atoms with Gasteiger partial charge in [0.15, 0.2) is 5.69 Å². The Morgan fingerprint density at radius 1 is 1.29 bits per heavy atom. The predicted molar refractivity (Wildman–Crippen MR) is 114 cm³/mol. The predicted octanol–water partition coefficient (Wildman–Crippen LogP) is 1.99. The van der Waals surface area contributed by atoms with Crippen LogP contribution in [0.5, 0.6) is 0 Å². The third-order valence-electron chi connectivity index (χ3n) is 4.14. The summed E-state index contributed by atoms with van der Waals surface area (Å²) in [6.45, 7) is 2.02. The van der Waals surface area contributed by atoms with Crippen molar-refractivity contribution < 1.29 is 9.42 Å². The number of rotatable bonds is 7. The van der Waals surface area contributed by atoms with Gasteiger partial charge in [-0.25, -0.2) is 10.1 Å². The molecule has 1 amide bonds. The number of anilines is 1. The van der Waals surface area contributed by atoms with Crippen molar-refractivity contribution in [1.82, 2.24) is 35.7 Å². The summed E-state index contributed by atoms with van der Waals surface area (Å²) in [6, 6.07) is 11.6. The molecule has 0 atom stereocenters. The van der Waals surface area contributed by atoms with Crippen molar-refractivity contribution in [2.24, 2.45) is 5.10 Å². The monoisotopic (exact) mass is 435 g/mol. The second-order valence-corrected chi connectivity index (χ2v) is 7.41. The normalized spacial score (nSPS) is 11.1. The molecule has 0 unspecified atom stereocenters. The molecule has 0 fully saturated rings. The highest BCUT2D eigenvalue weighted by Gasteiger charge is 2.24. The van der Waals surface area contributed by atoms with Gasteiger partial charge in [-0.2, -0.15) is 9.78 Å². The molecule has 0 saturated heterocycles. The highest BCUT2D eigenvalue weighted by molar-refractivity contribution is 7.98. The van der Waals surface area contributed by atoms with E-state index in [9.17, 15) is 4.79 Å². The first kappa shape index (κ1) is 20.2. The fraction of sp³-hybridized carbons (Fsp3) is 0.105.